The van der Waals surface area contributed by atoms with Gasteiger partial charge in [0.25, 0.3) is 0 Å². The molecule has 0 aromatic heterocycles. The van der Waals surface area contributed by atoms with Crippen LogP contribution < -0.4 is 10.6 Å². The zero-order valence-electron chi connectivity index (χ0n) is 10.3. The molecule has 0 unspecified atom stereocenters. The summed E-state index contributed by atoms with van der Waals surface area (Å²) in [5.41, 5.74) is 4.00. The Morgan fingerprint density at radius 3 is 2.62 bits per heavy atom. The van der Waals surface area contributed by atoms with E-state index in [0.29, 0.717) is 0 Å². The van der Waals surface area contributed by atoms with Gasteiger partial charge in [0.2, 0.25) is 0 Å². The molecule has 2 rings (SSSR count). The van der Waals surface area contributed by atoms with Gasteiger partial charge in [-0.2, -0.15) is 0 Å². The van der Waals surface area contributed by atoms with Crippen molar-refractivity contribution < 1.29 is 0 Å². The summed E-state index contributed by atoms with van der Waals surface area (Å²) >= 11 is 0. The highest BCUT2D eigenvalue weighted by Gasteiger charge is 2.12. The highest BCUT2D eigenvalue weighted by molar-refractivity contribution is 5.48. The quantitative estimate of drug-likeness (QED) is 0.815. The third kappa shape index (κ3) is 2.99. The van der Waals surface area contributed by atoms with Gasteiger partial charge in [0.1, 0.15) is 0 Å². The molecule has 2 N–H and O–H groups in total. The molecule has 0 radical (unpaired) electrons. The Morgan fingerprint density at radius 1 is 1.19 bits per heavy atom. The van der Waals surface area contributed by atoms with E-state index in [-0.39, 0.29) is 0 Å². The van der Waals surface area contributed by atoms with Gasteiger partial charge in [0.15, 0.2) is 0 Å². The van der Waals surface area contributed by atoms with Crippen LogP contribution in [0.25, 0.3) is 0 Å². The molecule has 2 heteroatoms. The first-order valence-electron chi connectivity index (χ1n) is 6.27. The first-order chi connectivity index (χ1) is 7.75. The molecule has 1 aromatic carbocycles. The van der Waals surface area contributed by atoms with Crippen molar-refractivity contribution in [2.75, 3.05) is 25.0 Å². The van der Waals surface area contributed by atoms with E-state index in [0.717, 1.165) is 12.5 Å². The van der Waals surface area contributed by atoms with E-state index in [2.05, 4.69) is 42.7 Å². The van der Waals surface area contributed by atoms with Gasteiger partial charge in [-0.25, -0.2) is 0 Å². The third-order valence-corrected chi connectivity index (χ3v) is 3.56. The molecule has 1 aliphatic rings. The van der Waals surface area contributed by atoms with Crippen LogP contribution in [0.1, 0.15) is 24.0 Å². The Labute approximate surface area is 98.4 Å². The van der Waals surface area contributed by atoms with E-state index in [4.69, 9.17) is 0 Å². The van der Waals surface area contributed by atoms with E-state index in [1.165, 1.54) is 42.7 Å². The van der Waals surface area contributed by atoms with E-state index in [1.54, 1.807) is 0 Å². The second-order valence-corrected chi connectivity index (χ2v) is 4.87. The molecule has 0 saturated carbocycles. The molecule has 1 saturated heterocycles. The lowest BCUT2D eigenvalue weighted by Crippen LogP contribution is -2.31. The molecule has 0 atom stereocenters. The van der Waals surface area contributed by atoms with Crippen molar-refractivity contribution in [3.63, 3.8) is 0 Å². The van der Waals surface area contributed by atoms with Crippen molar-refractivity contribution in [2.45, 2.75) is 26.7 Å². The molecule has 1 heterocycles. The molecular weight excluding hydrogens is 196 g/mol. The van der Waals surface area contributed by atoms with Crippen LogP contribution in [-0.2, 0) is 0 Å². The summed E-state index contributed by atoms with van der Waals surface area (Å²) in [6, 6.07) is 6.62. The number of nitrogens with one attached hydrogen (secondary N) is 2. The number of piperidine rings is 1. The Morgan fingerprint density at radius 2 is 1.94 bits per heavy atom. The Bertz CT molecular complexity index is 341. The SMILES string of the molecule is Cc1ccc(NCC2CCNCC2)cc1C. The van der Waals surface area contributed by atoms with Crippen molar-refractivity contribution in [1.29, 1.82) is 0 Å². The fourth-order valence-corrected chi connectivity index (χ4v) is 2.20. The van der Waals surface area contributed by atoms with Gasteiger partial charge in [-0.3, -0.25) is 0 Å². The third-order valence-electron chi connectivity index (χ3n) is 3.56. The smallest absolute Gasteiger partial charge is 0.0343 e. The summed E-state index contributed by atoms with van der Waals surface area (Å²) in [6.07, 6.45) is 2.61. The molecule has 1 aliphatic heterocycles. The second-order valence-electron chi connectivity index (χ2n) is 4.87. The minimum atomic E-state index is 0.836. The topological polar surface area (TPSA) is 24.1 Å². The minimum absolute atomic E-state index is 0.836. The van der Waals surface area contributed by atoms with Crippen molar-refractivity contribution in [2.24, 2.45) is 5.92 Å². The van der Waals surface area contributed by atoms with Gasteiger partial charge in [-0.15, -0.1) is 0 Å². The van der Waals surface area contributed by atoms with Gasteiger partial charge in [0.05, 0.1) is 0 Å². The summed E-state index contributed by atoms with van der Waals surface area (Å²) in [4.78, 5) is 0. The first-order valence-corrected chi connectivity index (χ1v) is 6.27. The minimum Gasteiger partial charge on any atom is -0.385 e. The molecule has 0 bridgehead atoms. The lowest BCUT2D eigenvalue weighted by atomic mass is 9.98. The molecule has 0 amide bonds. The molecule has 16 heavy (non-hydrogen) atoms. The average molecular weight is 218 g/mol. The van der Waals surface area contributed by atoms with E-state index < -0.39 is 0 Å². The Kier molecular flexibility index (Phi) is 3.83. The van der Waals surface area contributed by atoms with E-state index in [9.17, 15) is 0 Å². The Balaban J connectivity index is 1.86. The maximum Gasteiger partial charge on any atom is 0.0343 e. The molecular formula is C14H22N2. The van der Waals surface area contributed by atoms with Crippen LogP contribution in [0.15, 0.2) is 18.2 Å². The van der Waals surface area contributed by atoms with Crippen LogP contribution in [0.2, 0.25) is 0 Å². The molecule has 0 aliphatic carbocycles. The predicted molar refractivity (Wildman–Crippen MR) is 70.0 cm³/mol. The number of anilines is 1. The predicted octanol–water partition coefficient (Wildman–Crippen LogP) is 2.71. The average Bonchev–Trinajstić information content (AvgIpc) is 2.32. The molecule has 0 spiro atoms. The molecule has 88 valence electrons. The van der Waals surface area contributed by atoms with E-state index >= 15 is 0 Å². The zero-order chi connectivity index (χ0) is 11.4. The van der Waals surface area contributed by atoms with Crippen LogP contribution in [0.3, 0.4) is 0 Å². The van der Waals surface area contributed by atoms with Gasteiger partial charge in [-0.1, -0.05) is 6.07 Å². The standard InChI is InChI=1S/C14H22N2/c1-11-3-4-14(9-12(11)2)16-10-13-5-7-15-8-6-13/h3-4,9,13,15-16H,5-8,10H2,1-2H3. The van der Waals surface area contributed by atoms with Crippen LogP contribution in [-0.4, -0.2) is 19.6 Å². The highest BCUT2D eigenvalue weighted by atomic mass is 14.9. The lowest BCUT2D eigenvalue weighted by Gasteiger charge is -2.23. The lowest BCUT2D eigenvalue weighted by molar-refractivity contribution is 0.390. The number of hydrogen-bond donors (Lipinski definition) is 2. The summed E-state index contributed by atoms with van der Waals surface area (Å²) < 4.78 is 0. The van der Waals surface area contributed by atoms with E-state index in [1.807, 2.05) is 0 Å². The van der Waals surface area contributed by atoms with Gasteiger partial charge in [0, 0.05) is 12.2 Å². The van der Waals surface area contributed by atoms with Gasteiger partial charge < -0.3 is 10.6 Å². The van der Waals surface area contributed by atoms with Crippen LogP contribution in [0, 0.1) is 19.8 Å². The van der Waals surface area contributed by atoms with Gasteiger partial charge >= 0.3 is 0 Å². The first kappa shape index (κ1) is 11.5. The summed E-state index contributed by atoms with van der Waals surface area (Å²) in [5, 5.41) is 6.96. The number of aryl methyl sites for hydroxylation is 2. The fraction of sp³-hybridized carbons (Fsp3) is 0.571. The zero-order valence-corrected chi connectivity index (χ0v) is 10.3. The number of hydrogen-bond acceptors (Lipinski definition) is 2. The maximum absolute atomic E-state index is 3.55. The van der Waals surface area contributed by atoms with Crippen LogP contribution in [0.5, 0.6) is 0 Å². The van der Waals surface area contributed by atoms with Crippen LogP contribution >= 0.6 is 0 Å². The highest BCUT2D eigenvalue weighted by Crippen LogP contribution is 2.17. The van der Waals surface area contributed by atoms with Crippen molar-refractivity contribution in [1.82, 2.24) is 5.32 Å². The van der Waals surface area contributed by atoms with Crippen molar-refractivity contribution in [3.8, 4) is 0 Å². The largest absolute Gasteiger partial charge is 0.385 e. The molecule has 1 fully saturated rings. The number of benzene rings is 1. The summed E-state index contributed by atoms with van der Waals surface area (Å²) in [6.45, 7) is 7.81. The van der Waals surface area contributed by atoms with Crippen LogP contribution in [0.4, 0.5) is 5.69 Å². The summed E-state index contributed by atoms with van der Waals surface area (Å²) in [5.74, 6) is 0.836. The monoisotopic (exact) mass is 218 g/mol. The number of rotatable bonds is 3. The second kappa shape index (κ2) is 5.35. The Hall–Kier alpha value is -1.02. The molecule has 1 aromatic rings. The van der Waals surface area contributed by atoms with Gasteiger partial charge in [-0.05, 0) is 69.0 Å². The van der Waals surface area contributed by atoms with Crippen molar-refractivity contribution in [3.05, 3.63) is 29.3 Å². The maximum atomic E-state index is 3.55. The molecule has 2 nitrogen and oxygen atoms in total. The normalized spacial score (nSPS) is 17.4. The van der Waals surface area contributed by atoms with Crippen molar-refractivity contribution >= 4 is 5.69 Å². The fourth-order valence-electron chi connectivity index (χ4n) is 2.20. The summed E-state index contributed by atoms with van der Waals surface area (Å²) in [7, 11) is 0.